The molecule has 0 fully saturated rings. The van der Waals surface area contributed by atoms with Crippen molar-refractivity contribution in [3.05, 3.63) is 47.6 Å². The number of aliphatic imine (C=N–C) groups is 2. The fraction of sp³-hybridized carbons (Fsp3) is 0.542. The maximum Gasteiger partial charge on any atom is 0.224 e. The van der Waals surface area contributed by atoms with Crippen molar-refractivity contribution in [2.45, 2.75) is 60.3 Å². The quantitative estimate of drug-likeness (QED) is 0.221. The fourth-order valence-electron chi connectivity index (χ4n) is 3.89. The van der Waals surface area contributed by atoms with Crippen molar-refractivity contribution in [2.75, 3.05) is 0 Å². The average molecular weight is 400 g/mol. The predicted molar refractivity (Wildman–Crippen MR) is 124 cm³/mol. The van der Waals surface area contributed by atoms with E-state index in [9.17, 15) is 0 Å². The Morgan fingerprint density at radius 2 is 2.18 bits per heavy atom. The second kappa shape index (κ2) is 10.2. The lowest BCUT2D eigenvalue weighted by atomic mass is 9.69. The van der Waals surface area contributed by atoms with Crippen LogP contribution in [-0.4, -0.2) is 17.3 Å². The molecule has 0 heterocycles. The predicted octanol–water partition coefficient (Wildman–Crippen LogP) is 7.12. The van der Waals surface area contributed by atoms with Crippen LogP contribution in [0.1, 0.15) is 60.3 Å². The zero-order chi connectivity index (χ0) is 20.7. The van der Waals surface area contributed by atoms with E-state index in [1.54, 1.807) is 0 Å². The SMILES string of the molecule is C/C=C\[C@H](C)CC1=C[C@H](C)[C@@](C)(C=NC(Cl)=NC(=N)C2=CC=CC[C@H]2C)CC1. The topological polar surface area (TPSA) is 48.6 Å². The molecule has 0 aromatic carbocycles. The van der Waals surface area contributed by atoms with E-state index in [2.05, 4.69) is 68.9 Å². The number of hydrogen-bond donors (Lipinski definition) is 1. The molecule has 0 saturated carbocycles. The molecule has 4 heteroatoms. The molecule has 0 radical (unpaired) electrons. The molecule has 1 N–H and O–H groups in total. The van der Waals surface area contributed by atoms with Gasteiger partial charge < -0.3 is 0 Å². The minimum Gasteiger partial charge on any atom is -0.283 e. The third-order valence-corrected chi connectivity index (χ3v) is 6.17. The van der Waals surface area contributed by atoms with E-state index in [1.807, 2.05) is 18.4 Å². The van der Waals surface area contributed by atoms with Crippen LogP contribution in [0.3, 0.4) is 0 Å². The van der Waals surface area contributed by atoms with Crippen molar-refractivity contribution in [2.24, 2.45) is 33.2 Å². The van der Waals surface area contributed by atoms with Crippen LogP contribution in [-0.2, 0) is 0 Å². The Kier molecular flexibility index (Phi) is 8.18. The highest BCUT2D eigenvalue weighted by Crippen LogP contribution is 2.40. The number of amidine groups is 2. The van der Waals surface area contributed by atoms with E-state index in [1.165, 1.54) is 5.57 Å². The highest BCUT2D eigenvalue weighted by atomic mass is 35.5. The molecule has 0 bridgehead atoms. The Balaban J connectivity index is 2.04. The first-order chi connectivity index (χ1) is 13.2. The zero-order valence-corrected chi connectivity index (χ0v) is 18.6. The lowest BCUT2D eigenvalue weighted by Gasteiger charge is -2.35. The molecule has 2 aliphatic rings. The van der Waals surface area contributed by atoms with Crippen molar-refractivity contribution >= 4 is 28.9 Å². The largest absolute Gasteiger partial charge is 0.283 e. The first-order valence-corrected chi connectivity index (χ1v) is 10.7. The van der Waals surface area contributed by atoms with E-state index >= 15 is 0 Å². The Morgan fingerprint density at radius 3 is 2.82 bits per heavy atom. The van der Waals surface area contributed by atoms with Crippen LogP contribution in [0.2, 0.25) is 0 Å². The molecule has 3 nitrogen and oxygen atoms in total. The summed E-state index contributed by atoms with van der Waals surface area (Å²) in [6, 6.07) is 0. The molecule has 2 rings (SSSR count). The Hall–Kier alpha value is -1.74. The first kappa shape index (κ1) is 22.5. The Bertz CT molecular complexity index is 754. The number of allylic oxidation sites excluding steroid dienone is 7. The number of nitrogens with one attached hydrogen (secondary N) is 1. The molecular weight excluding hydrogens is 366 g/mol. The summed E-state index contributed by atoms with van der Waals surface area (Å²) in [5.41, 5.74) is 2.42. The van der Waals surface area contributed by atoms with Gasteiger partial charge in [0.05, 0.1) is 0 Å². The van der Waals surface area contributed by atoms with E-state index in [0.29, 0.717) is 17.8 Å². The Morgan fingerprint density at radius 1 is 1.43 bits per heavy atom. The molecule has 0 aliphatic heterocycles. The van der Waals surface area contributed by atoms with Crippen LogP contribution in [0.15, 0.2) is 57.6 Å². The van der Waals surface area contributed by atoms with Crippen molar-refractivity contribution in [1.82, 2.24) is 0 Å². The van der Waals surface area contributed by atoms with Gasteiger partial charge >= 0.3 is 0 Å². The number of halogens is 1. The third-order valence-electron chi connectivity index (χ3n) is 5.99. The van der Waals surface area contributed by atoms with Gasteiger partial charge in [-0.1, -0.05) is 69.7 Å². The van der Waals surface area contributed by atoms with Crippen LogP contribution in [0.5, 0.6) is 0 Å². The highest BCUT2D eigenvalue weighted by molar-refractivity contribution is 6.66. The normalized spacial score (nSPS) is 29.9. The molecule has 0 spiro atoms. The van der Waals surface area contributed by atoms with Crippen molar-refractivity contribution < 1.29 is 0 Å². The summed E-state index contributed by atoms with van der Waals surface area (Å²) in [5.74, 6) is 1.48. The minimum atomic E-state index is -0.0364. The third kappa shape index (κ3) is 6.13. The van der Waals surface area contributed by atoms with Gasteiger partial charge in [0, 0.05) is 11.6 Å². The molecular formula is C24H34ClN3. The van der Waals surface area contributed by atoms with Crippen LogP contribution in [0, 0.1) is 28.6 Å². The molecule has 0 aromatic heterocycles. The zero-order valence-electron chi connectivity index (χ0n) is 17.9. The van der Waals surface area contributed by atoms with Crippen molar-refractivity contribution in [1.29, 1.82) is 5.41 Å². The summed E-state index contributed by atoms with van der Waals surface area (Å²) in [6.45, 7) is 10.9. The molecule has 2 aliphatic carbocycles. The maximum absolute atomic E-state index is 8.22. The summed E-state index contributed by atoms with van der Waals surface area (Å²) in [7, 11) is 0. The molecule has 152 valence electrons. The second-order valence-electron chi connectivity index (χ2n) is 8.50. The Labute approximate surface area is 175 Å². The van der Waals surface area contributed by atoms with E-state index in [-0.39, 0.29) is 16.5 Å². The number of rotatable bonds is 5. The number of nitrogens with zero attached hydrogens (tertiary/aromatic N) is 2. The van der Waals surface area contributed by atoms with Crippen molar-refractivity contribution in [3.8, 4) is 0 Å². The molecule has 4 atom stereocenters. The van der Waals surface area contributed by atoms with Crippen molar-refractivity contribution in [3.63, 3.8) is 0 Å². The van der Waals surface area contributed by atoms with E-state index in [0.717, 1.165) is 31.3 Å². The lowest BCUT2D eigenvalue weighted by Crippen LogP contribution is -2.29. The standard InChI is InChI=1S/C24H34ClN3/c1-6-9-17(2)14-20-12-13-24(5,19(4)15-20)16-27-23(25)28-22(26)21-11-8-7-10-18(21)3/h6-9,11,15-19,26H,10,12-14H2,1-5H3/b9-6-,26-22?,27-16?,28-23?/t17-,18+,19-,24+/m0/s1. The van der Waals surface area contributed by atoms with Gasteiger partial charge in [-0.2, -0.15) is 4.99 Å². The second-order valence-corrected chi connectivity index (χ2v) is 8.84. The van der Waals surface area contributed by atoms with E-state index < -0.39 is 0 Å². The molecule has 0 unspecified atom stereocenters. The summed E-state index contributed by atoms with van der Waals surface area (Å²) in [6.07, 6.45) is 19.0. The lowest BCUT2D eigenvalue weighted by molar-refractivity contribution is 0.320. The maximum atomic E-state index is 8.22. The van der Waals surface area contributed by atoms with Gasteiger partial charge in [-0.05, 0) is 67.5 Å². The van der Waals surface area contributed by atoms with Crippen LogP contribution < -0.4 is 0 Å². The van der Waals surface area contributed by atoms with Gasteiger partial charge in [-0.25, -0.2) is 4.99 Å². The number of hydrogen-bond acceptors (Lipinski definition) is 1. The fourth-order valence-corrected chi connectivity index (χ4v) is 4.02. The monoisotopic (exact) mass is 399 g/mol. The first-order valence-electron chi connectivity index (χ1n) is 10.3. The summed E-state index contributed by atoms with van der Waals surface area (Å²) in [4.78, 5) is 8.62. The highest BCUT2D eigenvalue weighted by Gasteiger charge is 2.32. The average Bonchev–Trinajstić information content (AvgIpc) is 2.64. The summed E-state index contributed by atoms with van der Waals surface area (Å²) < 4.78 is 0. The van der Waals surface area contributed by atoms with Gasteiger partial charge in [0.25, 0.3) is 0 Å². The molecule has 0 aromatic rings. The van der Waals surface area contributed by atoms with Gasteiger partial charge in [-0.15, -0.1) is 0 Å². The van der Waals surface area contributed by atoms with E-state index in [4.69, 9.17) is 17.0 Å². The van der Waals surface area contributed by atoms with Gasteiger partial charge in [0.1, 0.15) is 0 Å². The minimum absolute atomic E-state index is 0.0364. The van der Waals surface area contributed by atoms with Gasteiger partial charge in [0.15, 0.2) is 5.84 Å². The van der Waals surface area contributed by atoms with Crippen LogP contribution in [0.25, 0.3) is 0 Å². The molecule has 0 amide bonds. The molecule has 0 saturated heterocycles. The smallest absolute Gasteiger partial charge is 0.224 e. The summed E-state index contributed by atoms with van der Waals surface area (Å²) in [5, 5.41) is 8.35. The molecule has 28 heavy (non-hydrogen) atoms. The van der Waals surface area contributed by atoms with Gasteiger partial charge in [0.2, 0.25) is 5.29 Å². The van der Waals surface area contributed by atoms with Crippen LogP contribution in [0.4, 0.5) is 0 Å². The van der Waals surface area contributed by atoms with Gasteiger partial charge in [-0.3, -0.25) is 5.41 Å². The van der Waals surface area contributed by atoms with Crippen LogP contribution >= 0.6 is 11.6 Å². The summed E-state index contributed by atoms with van der Waals surface area (Å²) >= 11 is 6.25.